The van der Waals surface area contributed by atoms with Gasteiger partial charge in [-0.25, -0.2) is 0 Å². The number of hydrogen-bond donors (Lipinski definition) is 2. The topological polar surface area (TPSA) is 48.8 Å². The Morgan fingerprint density at radius 2 is 1.33 bits per heavy atom. The summed E-state index contributed by atoms with van der Waals surface area (Å²) in [5.41, 5.74) is 0. The molecule has 0 spiro atoms. The van der Waals surface area contributed by atoms with Crippen molar-refractivity contribution in [3.05, 3.63) is 0 Å². The van der Waals surface area contributed by atoms with E-state index in [-0.39, 0.29) is 24.8 Å². The highest BCUT2D eigenvalue weighted by Crippen LogP contribution is 2.19. The van der Waals surface area contributed by atoms with Gasteiger partial charge in [-0.2, -0.15) is 0 Å². The Morgan fingerprint density at radius 1 is 0.944 bits per heavy atom. The van der Waals surface area contributed by atoms with Gasteiger partial charge in [-0.15, -0.1) is 24.8 Å². The maximum atomic E-state index is 4.40. The summed E-state index contributed by atoms with van der Waals surface area (Å²) in [6, 6.07) is 0. The third-order valence-electron chi connectivity index (χ3n) is 2.29. The standard InChI is InChI=1S/C10H18N4S2.2ClH/c1-7-5-13-9(15-7)11-3-4-12-10-14-6-8(2)16-10;;/h7-8H,3-6H2,1-2H3,(H,11,13)(H,12,14);2*1H. The van der Waals surface area contributed by atoms with Crippen LogP contribution < -0.4 is 10.6 Å². The number of halogens is 2. The van der Waals surface area contributed by atoms with Gasteiger partial charge in [-0.1, -0.05) is 37.4 Å². The van der Waals surface area contributed by atoms with Crippen LogP contribution in [0.25, 0.3) is 0 Å². The molecule has 0 aliphatic carbocycles. The summed E-state index contributed by atoms with van der Waals surface area (Å²) in [5, 5.41) is 10.1. The molecule has 0 aromatic carbocycles. The third kappa shape index (κ3) is 5.91. The fourth-order valence-corrected chi connectivity index (χ4v) is 3.22. The van der Waals surface area contributed by atoms with Gasteiger partial charge in [-0.05, 0) is 0 Å². The molecule has 0 fully saturated rings. The molecule has 0 aromatic heterocycles. The molecule has 2 atom stereocenters. The number of nitrogens with zero attached hydrogens (tertiary/aromatic N) is 2. The second-order valence-electron chi connectivity index (χ2n) is 4.00. The second kappa shape index (κ2) is 9.18. The third-order valence-corrected chi connectivity index (χ3v) is 4.38. The molecule has 8 heteroatoms. The molecule has 2 unspecified atom stereocenters. The van der Waals surface area contributed by atoms with Crippen LogP contribution >= 0.6 is 48.3 Å². The van der Waals surface area contributed by atoms with E-state index in [0.717, 1.165) is 36.5 Å². The van der Waals surface area contributed by atoms with Crippen molar-refractivity contribution in [3.8, 4) is 0 Å². The van der Waals surface area contributed by atoms with Gasteiger partial charge in [0.15, 0.2) is 10.3 Å². The number of hydrogen-bond acceptors (Lipinski definition) is 6. The predicted octanol–water partition coefficient (Wildman–Crippen LogP) is 1.99. The smallest absolute Gasteiger partial charge is 0.156 e. The Bertz CT molecular complexity index is 282. The molecule has 2 aliphatic heterocycles. The van der Waals surface area contributed by atoms with Gasteiger partial charge in [0.1, 0.15) is 0 Å². The minimum atomic E-state index is 0. The highest BCUT2D eigenvalue weighted by atomic mass is 35.5. The van der Waals surface area contributed by atoms with Gasteiger partial charge in [0, 0.05) is 23.6 Å². The van der Waals surface area contributed by atoms with E-state index >= 15 is 0 Å². The fraction of sp³-hybridized carbons (Fsp3) is 0.800. The van der Waals surface area contributed by atoms with Crippen LogP contribution in [-0.2, 0) is 0 Å². The summed E-state index contributed by atoms with van der Waals surface area (Å²) >= 11 is 3.65. The lowest BCUT2D eigenvalue weighted by Crippen LogP contribution is -2.31. The molecule has 2 heterocycles. The normalized spacial score (nSPS) is 25.7. The molecular weight excluding hydrogens is 311 g/mol. The van der Waals surface area contributed by atoms with Crippen molar-refractivity contribution < 1.29 is 0 Å². The van der Waals surface area contributed by atoms with E-state index in [0.29, 0.717) is 10.5 Å². The highest BCUT2D eigenvalue weighted by molar-refractivity contribution is 8.14. The van der Waals surface area contributed by atoms with E-state index < -0.39 is 0 Å². The van der Waals surface area contributed by atoms with Crippen LogP contribution in [0, 0.1) is 0 Å². The first-order valence-corrected chi connectivity index (χ1v) is 7.40. The van der Waals surface area contributed by atoms with E-state index in [1.807, 2.05) is 23.5 Å². The lowest BCUT2D eigenvalue weighted by atomic mass is 10.5. The molecule has 106 valence electrons. The molecule has 2 aliphatic rings. The number of aliphatic imine (C=N–C) groups is 2. The van der Waals surface area contributed by atoms with Crippen LogP contribution in [0.3, 0.4) is 0 Å². The van der Waals surface area contributed by atoms with Crippen molar-refractivity contribution in [1.29, 1.82) is 0 Å². The van der Waals surface area contributed by atoms with Crippen LogP contribution in [0.1, 0.15) is 13.8 Å². The summed E-state index contributed by atoms with van der Waals surface area (Å²) in [6.45, 7) is 8.11. The average Bonchev–Trinajstić information content (AvgIpc) is 2.83. The SMILES string of the molecule is CC1CN=C(NCCNC2=NCC(C)S2)S1.Cl.Cl. The zero-order valence-electron chi connectivity index (χ0n) is 10.5. The van der Waals surface area contributed by atoms with Gasteiger partial charge in [-0.3, -0.25) is 9.98 Å². The molecule has 0 saturated heterocycles. The first-order chi connectivity index (χ1) is 7.74. The molecular formula is C10H20Cl2N4S2. The second-order valence-corrected chi connectivity index (χ2v) is 6.86. The van der Waals surface area contributed by atoms with Crippen molar-refractivity contribution in [2.45, 2.75) is 24.3 Å². The van der Waals surface area contributed by atoms with Crippen molar-refractivity contribution in [1.82, 2.24) is 10.6 Å². The first-order valence-electron chi connectivity index (χ1n) is 5.64. The maximum Gasteiger partial charge on any atom is 0.156 e. The zero-order chi connectivity index (χ0) is 11.4. The Kier molecular flexibility index (Phi) is 9.29. The molecule has 2 N–H and O–H groups in total. The average molecular weight is 331 g/mol. The van der Waals surface area contributed by atoms with E-state index in [4.69, 9.17) is 0 Å². The van der Waals surface area contributed by atoms with Gasteiger partial charge >= 0.3 is 0 Å². The van der Waals surface area contributed by atoms with Crippen LogP contribution in [0.15, 0.2) is 9.98 Å². The summed E-state index contributed by atoms with van der Waals surface area (Å²) in [4.78, 5) is 8.81. The van der Waals surface area contributed by atoms with Crippen molar-refractivity contribution in [2.75, 3.05) is 26.2 Å². The number of nitrogens with one attached hydrogen (secondary N) is 2. The minimum Gasteiger partial charge on any atom is -0.363 e. The van der Waals surface area contributed by atoms with Crippen LogP contribution in [-0.4, -0.2) is 47.0 Å². The van der Waals surface area contributed by atoms with Gasteiger partial charge in [0.2, 0.25) is 0 Å². The first kappa shape index (κ1) is 18.2. The quantitative estimate of drug-likeness (QED) is 0.777. The summed E-state index contributed by atoms with van der Waals surface area (Å²) < 4.78 is 0. The Morgan fingerprint density at radius 3 is 1.61 bits per heavy atom. The molecule has 0 amide bonds. The highest BCUT2D eigenvalue weighted by Gasteiger charge is 2.15. The Balaban J connectivity index is 0.00000144. The van der Waals surface area contributed by atoms with Crippen molar-refractivity contribution in [3.63, 3.8) is 0 Å². The molecule has 4 nitrogen and oxygen atoms in total. The van der Waals surface area contributed by atoms with E-state index in [1.54, 1.807) is 0 Å². The summed E-state index contributed by atoms with van der Waals surface area (Å²) in [7, 11) is 0. The molecule has 0 bridgehead atoms. The van der Waals surface area contributed by atoms with Gasteiger partial charge < -0.3 is 10.6 Å². The van der Waals surface area contributed by atoms with E-state index in [1.165, 1.54) is 0 Å². The molecule has 0 aromatic rings. The number of amidine groups is 2. The molecule has 18 heavy (non-hydrogen) atoms. The Labute approximate surface area is 129 Å². The summed E-state index contributed by atoms with van der Waals surface area (Å²) in [6.07, 6.45) is 0. The number of rotatable bonds is 3. The molecule has 0 radical (unpaired) electrons. The lowest BCUT2D eigenvalue weighted by Gasteiger charge is -2.08. The fourth-order valence-electron chi connectivity index (χ4n) is 1.49. The van der Waals surface area contributed by atoms with Crippen molar-refractivity contribution in [2.24, 2.45) is 9.98 Å². The van der Waals surface area contributed by atoms with Crippen LogP contribution in [0.5, 0.6) is 0 Å². The zero-order valence-corrected chi connectivity index (χ0v) is 13.8. The monoisotopic (exact) mass is 330 g/mol. The lowest BCUT2D eigenvalue weighted by molar-refractivity contribution is 0.819. The number of thioether (sulfide) groups is 2. The van der Waals surface area contributed by atoms with E-state index in [2.05, 4.69) is 34.5 Å². The molecule has 2 rings (SSSR count). The van der Waals surface area contributed by atoms with Gasteiger partial charge in [0.25, 0.3) is 0 Å². The Hall–Kier alpha value is 0.220. The van der Waals surface area contributed by atoms with Crippen molar-refractivity contribution >= 4 is 58.7 Å². The maximum absolute atomic E-state index is 4.40. The van der Waals surface area contributed by atoms with Crippen LogP contribution in [0.4, 0.5) is 0 Å². The van der Waals surface area contributed by atoms with Crippen LogP contribution in [0.2, 0.25) is 0 Å². The summed E-state index contributed by atoms with van der Waals surface area (Å²) in [5.74, 6) is 0. The minimum absolute atomic E-state index is 0. The predicted molar refractivity (Wildman–Crippen MR) is 89.2 cm³/mol. The van der Waals surface area contributed by atoms with E-state index in [9.17, 15) is 0 Å². The molecule has 0 saturated carbocycles. The largest absolute Gasteiger partial charge is 0.363 e. The van der Waals surface area contributed by atoms with Gasteiger partial charge in [0.05, 0.1) is 13.1 Å².